The van der Waals surface area contributed by atoms with Crippen LogP contribution in [0.15, 0.2) is 36.4 Å². The normalized spacial score (nSPS) is 19.7. The maximum absolute atomic E-state index is 13.0. The van der Waals surface area contributed by atoms with Gasteiger partial charge >= 0.3 is 5.97 Å². The molecule has 1 heterocycles. The molecule has 2 aromatic rings. The maximum Gasteiger partial charge on any atom is 0.342 e. The van der Waals surface area contributed by atoms with Crippen LogP contribution in [0, 0.1) is 6.92 Å². The van der Waals surface area contributed by atoms with Crippen LogP contribution in [-0.4, -0.2) is 33.5 Å². The molecule has 0 fully saturated rings. The molecule has 160 valence electrons. The number of hydrogen-bond donors (Lipinski definition) is 3. The lowest BCUT2D eigenvalue weighted by Gasteiger charge is -2.22. The Morgan fingerprint density at radius 3 is 2.63 bits per heavy atom. The molecular weight excluding hydrogens is 384 g/mol. The number of rotatable bonds is 5. The lowest BCUT2D eigenvalue weighted by Crippen LogP contribution is -2.30. The fraction of sp³-hybridized carbons (Fsp3) is 0.375. The van der Waals surface area contributed by atoms with Crippen LogP contribution in [0.25, 0.3) is 6.08 Å². The van der Waals surface area contributed by atoms with Crippen LogP contribution in [0.1, 0.15) is 59.7 Å². The molecule has 0 saturated heterocycles. The number of aromatic hydroxyl groups is 1. The number of carbonyl (C=O) groups is 1. The minimum Gasteiger partial charge on any atom is -0.508 e. The van der Waals surface area contributed by atoms with Gasteiger partial charge in [-0.2, -0.15) is 0 Å². The molecule has 2 atom stereocenters. The number of fused-ring (bicyclic) bond motifs is 2. The number of carbonyl (C=O) groups excluding carboxylic acids is 1. The number of cyclic esters (lactones) is 1. The molecule has 0 bridgehead atoms. The van der Waals surface area contributed by atoms with Gasteiger partial charge in [-0.25, -0.2) is 4.79 Å². The molecule has 3 N–H and O–H groups in total. The second-order valence-electron chi connectivity index (χ2n) is 7.47. The molecule has 0 spiro atoms. The van der Waals surface area contributed by atoms with Crippen molar-refractivity contribution in [2.45, 2.75) is 58.3 Å². The molecule has 0 radical (unpaired) electrons. The van der Waals surface area contributed by atoms with E-state index in [1.165, 1.54) is 12.1 Å². The first-order chi connectivity index (χ1) is 14.5. The SMILES string of the molecule is CCCCCC1OC(=O)c2c(C)cccc2Oc2ccc(O)c(CO)c2/C=C/C1O. The number of unbranched alkanes of at least 4 members (excludes halogenated alkanes) is 2. The summed E-state index contributed by atoms with van der Waals surface area (Å²) >= 11 is 0. The monoisotopic (exact) mass is 412 g/mol. The summed E-state index contributed by atoms with van der Waals surface area (Å²) in [7, 11) is 0. The van der Waals surface area contributed by atoms with Crippen molar-refractivity contribution >= 4 is 12.0 Å². The van der Waals surface area contributed by atoms with Gasteiger partial charge in [-0.1, -0.05) is 44.1 Å². The zero-order chi connectivity index (χ0) is 21.7. The van der Waals surface area contributed by atoms with E-state index in [1.54, 1.807) is 37.3 Å². The van der Waals surface area contributed by atoms with E-state index in [1.807, 2.05) is 0 Å². The lowest BCUT2D eigenvalue weighted by molar-refractivity contribution is -0.00759. The predicted molar refractivity (Wildman–Crippen MR) is 114 cm³/mol. The van der Waals surface area contributed by atoms with Crippen LogP contribution in [0.3, 0.4) is 0 Å². The van der Waals surface area contributed by atoms with Gasteiger partial charge in [0.25, 0.3) is 0 Å². The van der Waals surface area contributed by atoms with E-state index in [4.69, 9.17) is 9.47 Å². The molecule has 2 unspecified atom stereocenters. The van der Waals surface area contributed by atoms with E-state index < -0.39 is 24.8 Å². The second-order valence-corrected chi connectivity index (χ2v) is 7.47. The minimum atomic E-state index is -1.04. The number of benzene rings is 2. The van der Waals surface area contributed by atoms with E-state index >= 15 is 0 Å². The predicted octanol–water partition coefficient (Wildman–Crippen LogP) is 4.48. The Morgan fingerprint density at radius 1 is 1.10 bits per heavy atom. The summed E-state index contributed by atoms with van der Waals surface area (Å²) in [5.74, 6) is 0.0316. The Bertz CT molecular complexity index is 934. The van der Waals surface area contributed by atoms with Gasteiger partial charge in [-0.15, -0.1) is 0 Å². The van der Waals surface area contributed by atoms with Crippen LogP contribution in [0.4, 0.5) is 0 Å². The van der Waals surface area contributed by atoms with Gasteiger partial charge in [0.2, 0.25) is 0 Å². The van der Waals surface area contributed by atoms with Gasteiger partial charge in [0.1, 0.15) is 35.0 Å². The van der Waals surface area contributed by atoms with Gasteiger partial charge in [-0.3, -0.25) is 0 Å². The first-order valence-corrected chi connectivity index (χ1v) is 10.3. The number of ether oxygens (including phenoxy) is 2. The Balaban J connectivity index is 2.14. The highest BCUT2D eigenvalue weighted by Gasteiger charge is 2.27. The largest absolute Gasteiger partial charge is 0.508 e. The molecule has 2 aromatic carbocycles. The van der Waals surface area contributed by atoms with Crippen LogP contribution >= 0.6 is 0 Å². The van der Waals surface area contributed by atoms with Gasteiger partial charge in [-0.05, 0) is 43.5 Å². The fourth-order valence-electron chi connectivity index (χ4n) is 3.59. The fourth-order valence-corrected chi connectivity index (χ4v) is 3.59. The third-order valence-electron chi connectivity index (χ3n) is 5.30. The third-order valence-corrected chi connectivity index (χ3v) is 5.30. The highest BCUT2D eigenvalue weighted by molar-refractivity contribution is 5.94. The summed E-state index contributed by atoms with van der Waals surface area (Å²) in [6.07, 6.45) is 4.65. The van der Waals surface area contributed by atoms with Gasteiger partial charge in [0.05, 0.1) is 6.61 Å². The van der Waals surface area contributed by atoms with Crippen LogP contribution in [0.2, 0.25) is 0 Å². The first kappa shape index (κ1) is 21.9. The van der Waals surface area contributed by atoms with Crippen molar-refractivity contribution in [3.63, 3.8) is 0 Å². The summed E-state index contributed by atoms with van der Waals surface area (Å²) < 4.78 is 11.7. The Morgan fingerprint density at radius 2 is 1.90 bits per heavy atom. The Hall–Kier alpha value is -2.83. The summed E-state index contributed by atoms with van der Waals surface area (Å²) in [4.78, 5) is 13.0. The van der Waals surface area contributed by atoms with Crippen LogP contribution in [0.5, 0.6) is 17.2 Å². The molecule has 1 aliphatic rings. The molecule has 3 rings (SSSR count). The van der Waals surface area contributed by atoms with E-state index in [2.05, 4.69) is 6.92 Å². The summed E-state index contributed by atoms with van der Waals surface area (Å²) in [6, 6.07) is 8.23. The van der Waals surface area contributed by atoms with Gasteiger partial charge in [0.15, 0.2) is 0 Å². The van der Waals surface area contributed by atoms with Crippen molar-refractivity contribution < 1.29 is 29.6 Å². The number of phenols is 1. The highest BCUT2D eigenvalue weighted by Crippen LogP contribution is 2.37. The van der Waals surface area contributed by atoms with E-state index in [-0.39, 0.29) is 16.9 Å². The van der Waals surface area contributed by atoms with E-state index in [0.29, 0.717) is 29.0 Å². The molecule has 1 aliphatic heterocycles. The smallest absolute Gasteiger partial charge is 0.342 e. The van der Waals surface area contributed by atoms with Gasteiger partial charge in [0, 0.05) is 11.1 Å². The highest BCUT2D eigenvalue weighted by atomic mass is 16.6. The zero-order valence-electron chi connectivity index (χ0n) is 17.3. The second kappa shape index (κ2) is 9.78. The molecule has 0 amide bonds. The van der Waals surface area contributed by atoms with Crippen molar-refractivity contribution in [3.8, 4) is 17.2 Å². The van der Waals surface area contributed by atoms with Crippen LogP contribution in [-0.2, 0) is 11.3 Å². The van der Waals surface area contributed by atoms with Crippen LogP contribution < -0.4 is 4.74 Å². The van der Waals surface area contributed by atoms with Crippen molar-refractivity contribution in [1.29, 1.82) is 0 Å². The number of esters is 1. The number of hydrogen-bond acceptors (Lipinski definition) is 6. The number of aliphatic hydroxyl groups excluding tert-OH is 2. The molecular formula is C24H28O6. The first-order valence-electron chi connectivity index (χ1n) is 10.3. The third kappa shape index (κ3) is 4.66. The number of aryl methyl sites for hydroxylation is 1. The standard InChI is InChI=1S/C24H28O6/c1-3-4-5-8-21-19(27)11-10-16-17(14-25)18(26)12-13-20(16)29-22-9-6-7-15(2)23(22)24(28)30-21/h6-7,9-13,19,21,25-27H,3-5,8,14H2,1-2H3/b11-10+. The average molecular weight is 412 g/mol. The quantitative estimate of drug-likeness (QED) is 0.495. The number of aliphatic hydroxyl groups is 2. The summed E-state index contributed by atoms with van der Waals surface area (Å²) in [5, 5.41) is 30.7. The lowest BCUT2D eigenvalue weighted by atomic mass is 10.0. The Labute approximate surface area is 176 Å². The molecule has 0 saturated carbocycles. The maximum atomic E-state index is 13.0. The molecule has 30 heavy (non-hydrogen) atoms. The van der Waals surface area contributed by atoms with Crippen molar-refractivity contribution in [2.24, 2.45) is 0 Å². The zero-order valence-corrected chi connectivity index (χ0v) is 17.3. The molecule has 6 heteroatoms. The molecule has 0 aliphatic carbocycles. The summed E-state index contributed by atoms with van der Waals surface area (Å²) in [6.45, 7) is 3.46. The van der Waals surface area contributed by atoms with Gasteiger partial charge < -0.3 is 24.8 Å². The Kier molecular flexibility index (Phi) is 7.13. The van der Waals surface area contributed by atoms with Crippen molar-refractivity contribution in [1.82, 2.24) is 0 Å². The topological polar surface area (TPSA) is 96.2 Å². The van der Waals surface area contributed by atoms with Crippen molar-refractivity contribution in [3.05, 3.63) is 58.7 Å². The van der Waals surface area contributed by atoms with E-state index in [0.717, 1.165) is 19.3 Å². The minimum absolute atomic E-state index is 0.0786. The van der Waals surface area contributed by atoms with E-state index in [9.17, 15) is 20.1 Å². The average Bonchev–Trinajstić information content (AvgIpc) is 2.74. The molecule has 6 nitrogen and oxygen atoms in total. The van der Waals surface area contributed by atoms with Crippen molar-refractivity contribution in [2.75, 3.05) is 0 Å². The summed E-state index contributed by atoms with van der Waals surface area (Å²) in [5.41, 5.74) is 1.69. The molecule has 0 aromatic heterocycles.